The lowest BCUT2D eigenvalue weighted by atomic mass is 9.84. The number of nitrogens with two attached hydrogens (primary N) is 1. The van der Waals surface area contributed by atoms with Crippen molar-refractivity contribution in [3.8, 4) is 11.4 Å². The number of furan rings is 1. The molecule has 4 atom stereocenters. The maximum Gasteiger partial charge on any atom is 0.230 e. The quantitative estimate of drug-likeness (QED) is 0.595. The second kappa shape index (κ2) is 6.98. The third kappa shape index (κ3) is 3.22. The van der Waals surface area contributed by atoms with Crippen molar-refractivity contribution in [2.45, 2.75) is 50.7 Å². The lowest BCUT2D eigenvalue weighted by Crippen LogP contribution is -2.41. The molecule has 26 heavy (non-hydrogen) atoms. The molecule has 0 aliphatic heterocycles. The monoisotopic (exact) mass is 375 g/mol. The van der Waals surface area contributed by atoms with Crippen LogP contribution in [0, 0.1) is 24.7 Å². The van der Waals surface area contributed by atoms with Crippen molar-refractivity contribution in [1.82, 2.24) is 20.2 Å². The molecule has 140 valence electrons. The van der Waals surface area contributed by atoms with Gasteiger partial charge in [0.1, 0.15) is 5.76 Å². The third-order valence-electron chi connectivity index (χ3n) is 5.92. The van der Waals surface area contributed by atoms with E-state index in [0.717, 1.165) is 23.2 Å². The molecule has 2 aliphatic rings. The van der Waals surface area contributed by atoms with E-state index in [2.05, 4.69) is 22.4 Å². The highest BCUT2D eigenvalue weighted by Gasteiger charge is 2.42. The van der Waals surface area contributed by atoms with Crippen molar-refractivity contribution in [3.63, 3.8) is 0 Å². The fourth-order valence-corrected chi connectivity index (χ4v) is 5.28. The van der Waals surface area contributed by atoms with Gasteiger partial charge in [0.05, 0.1) is 17.6 Å². The molecule has 0 spiro atoms. The molecule has 0 radical (unpaired) electrons. The molecule has 2 aromatic rings. The predicted molar refractivity (Wildman–Crippen MR) is 99.9 cm³/mol. The van der Waals surface area contributed by atoms with Crippen LogP contribution in [0.5, 0.6) is 0 Å². The zero-order valence-corrected chi connectivity index (χ0v) is 16.0. The highest BCUT2D eigenvalue weighted by molar-refractivity contribution is 7.99. The summed E-state index contributed by atoms with van der Waals surface area (Å²) in [5, 5.41) is 11.9. The highest BCUT2D eigenvalue weighted by Crippen LogP contribution is 2.49. The Labute approximate surface area is 157 Å². The molecular formula is C18H25N5O2S. The van der Waals surface area contributed by atoms with Gasteiger partial charge in [-0.3, -0.25) is 4.79 Å². The van der Waals surface area contributed by atoms with Gasteiger partial charge in [-0.15, -0.1) is 10.2 Å². The van der Waals surface area contributed by atoms with Crippen LogP contribution in [0.1, 0.15) is 38.4 Å². The Morgan fingerprint density at radius 2 is 2.31 bits per heavy atom. The van der Waals surface area contributed by atoms with E-state index in [4.69, 9.17) is 10.3 Å². The van der Waals surface area contributed by atoms with Crippen LogP contribution in [0.3, 0.4) is 0 Å². The van der Waals surface area contributed by atoms with Gasteiger partial charge < -0.3 is 15.6 Å². The summed E-state index contributed by atoms with van der Waals surface area (Å²) < 4.78 is 6.70. The average molecular weight is 375 g/mol. The molecule has 8 heteroatoms. The molecule has 4 unspecified atom stereocenters. The van der Waals surface area contributed by atoms with E-state index in [1.54, 1.807) is 12.3 Å². The van der Waals surface area contributed by atoms with Gasteiger partial charge in [0.15, 0.2) is 5.82 Å². The smallest absolute Gasteiger partial charge is 0.230 e. The van der Waals surface area contributed by atoms with Crippen molar-refractivity contribution < 1.29 is 9.21 Å². The largest absolute Gasteiger partial charge is 0.469 e. The maximum atomic E-state index is 12.3. The summed E-state index contributed by atoms with van der Waals surface area (Å²) in [6.45, 7) is 3.99. The van der Waals surface area contributed by atoms with E-state index < -0.39 is 0 Å². The van der Waals surface area contributed by atoms with E-state index in [0.29, 0.717) is 16.9 Å². The number of rotatable bonds is 6. The molecule has 2 saturated carbocycles. The van der Waals surface area contributed by atoms with Crippen LogP contribution in [0.15, 0.2) is 21.9 Å². The first-order valence-electron chi connectivity index (χ1n) is 9.20. The lowest BCUT2D eigenvalue weighted by molar-refractivity contribution is -0.119. The van der Waals surface area contributed by atoms with E-state index in [1.807, 2.05) is 6.92 Å². The zero-order valence-electron chi connectivity index (χ0n) is 15.1. The molecule has 2 bridgehead atoms. The molecule has 2 aliphatic carbocycles. The van der Waals surface area contributed by atoms with Crippen molar-refractivity contribution in [1.29, 1.82) is 0 Å². The van der Waals surface area contributed by atoms with Gasteiger partial charge >= 0.3 is 0 Å². The molecule has 3 N–H and O–H groups in total. The molecule has 2 aromatic heterocycles. The number of fused-ring (bicyclic) bond motifs is 2. The minimum absolute atomic E-state index is 0.0225. The number of amides is 1. The number of carbonyl (C=O) groups excluding carboxylic acids is 1. The summed E-state index contributed by atoms with van der Waals surface area (Å²) >= 11 is 1.30. The number of thioether (sulfide) groups is 1. The Balaban J connectivity index is 1.32. The van der Waals surface area contributed by atoms with Crippen molar-refractivity contribution >= 4 is 17.7 Å². The number of hydrogen-bond acceptors (Lipinski definition) is 6. The molecule has 0 saturated heterocycles. The van der Waals surface area contributed by atoms with E-state index in [1.165, 1.54) is 42.1 Å². The number of carbonyl (C=O) groups is 1. The standard InChI is InChI=1S/C18H25N5O2S/c1-10(15-8-12-3-4-13(15)7-12)20-16(24)9-26-18-22-21-17(23(18)19)14-5-6-25-11(14)2/h5-6,10,12-13,15H,3-4,7-9,19H2,1-2H3,(H,20,24). The first-order chi connectivity index (χ1) is 12.5. The minimum Gasteiger partial charge on any atom is -0.469 e. The van der Waals surface area contributed by atoms with Crippen molar-refractivity contribution in [2.75, 3.05) is 11.6 Å². The molecule has 4 rings (SSSR count). The van der Waals surface area contributed by atoms with Crippen molar-refractivity contribution in [2.24, 2.45) is 17.8 Å². The van der Waals surface area contributed by atoms with Gasteiger partial charge in [0, 0.05) is 6.04 Å². The summed E-state index contributed by atoms with van der Waals surface area (Å²) in [6, 6.07) is 2.04. The fraction of sp³-hybridized carbons (Fsp3) is 0.611. The third-order valence-corrected chi connectivity index (χ3v) is 6.86. The Morgan fingerprint density at radius 3 is 2.96 bits per heavy atom. The zero-order chi connectivity index (χ0) is 18.3. The van der Waals surface area contributed by atoms with Gasteiger partial charge in [0.2, 0.25) is 11.1 Å². The Morgan fingerprint density at radius 1 is 1.46 bits per heavy atom. The normalized spacial score (nSPS) is 25.5. The lowest BCUT2D eigenvalue weighted by Gasteiger charge is -2.28. The summed E-state index contributed by atoms with van der Waals surface area (Å²) in [5.41, 5.74) is 0.807. The Kier molecular flexibility index (Phi) is 4.69. The number of aryl methyl sites for hydroxylation is 1. The summed E-state index contributed by atoms with van der Waals surface area (Å²) in [5.74, 6) is 9.99. The average Bonchev–Trinajstić information content (AvgIpc) is 3.38. The number of nitrogens with zero attached hydrogens (tertiary/aromatic N) is 3. The van der Waals surface area contributed by atoms with Crippen LogP contribution in [-0.2, 0) is 4.79 Å². The number of nitrogen functional groups attached to an aromatic ring is 1. The van der Waals surface area contributed by atoms with E-state index in [9.17, 15) is 4.79 Å². The first-order valence-corrected chi connectivity index (χ1v) is 10.2. The topological polar surface area (TPSA) is 99.0 Å². The summed E-state index contributed by atoms with van der Waals surface area (Å²) in [4.78, 5) is 12.3. The van der Waals surface area contributed by atoms with E-state index >= 15 is 0 Å². The SMILES string of the molecule is Cc1occc1-c1nnc(SCC(=O)NC(C)C2CC3CCC2C3)n1N. The van der Waals surface area contributed by atoms with Gasteiger partial charge in [-0.2, -0.15) is 0 Å². The Hall–Kier alpha value is -1.96. The second-order valence-corrected chi connectivity index (χ2v) is 8.49. The van der Waals surface area contributed by atoms with Crippen LogP contribution < -0.4 is 11.2 Å². The number of nitrogens with one attached hydrogen (secondary N) is 1. The van der Waals surface area contributed by atoms with Crippen LogP contribution in [0.2, 0.25) is 0 Å². The number of aromatic nitrogens is 3. The van der Waals surface area contributed by atoms with Crippen LogP contribution >= 0.6 is 11.8 Å². The van der Waals surface area contributed by atoms with Crippen LogP contribution in [0.25, 0.3) is 11.4 Å². The summed E-state index contributed by atoms with van der Waals surface area (Å²) in [6.07, 6.45) is 6.92. The molecule has 0 aromatic carbocycles. The van der Waals surface area contributed by atoms with Gasteiger partial charge in [-0.1, -0.05) is 18.2 Å². The molecule has 2 heterocycles. The molecular weight excluding hydrogens is 350 g/mol. The van der Waals surface area contributed by atoms with E-state index in [-0.39, 0.29) is 17.7 Å². The Bertz CT molecular complexity index is 801. The molecule has 1 amide bonds. The minimum atomic E-state index is 0.0225. The first kappa shape index (κ1) is 17.5. The summed E-state index contributed by atoms with van der Waals surface area (Å²) in [7, 11) is 0. The van der Waals surface area contributed by atoms with Gasteiger partial charge in [0.25, 0.3) is 0 Å². The fourth-order valence-electron chi connectivity index (χ4n) is 4.62. The van der Waals surface area contributed by atoms with Crippen molar-refractivity contribution in [3.05, 3.63) is 18.1 Å². The van der Waals surface area contributed by atoms with Gasteiger partial charge in [-0.25, -0.2) is 4.68 Å². The number of hydrogen-bond donors (Lipinski definition) is 2. The molecule has 7 nitrogen and oxygen atoms in total. The molecule has 2 fully saturated rings. The predicted octanol–water partition coefficient (Wildman–Crippen LogP) is 2.59. The van der Waals surface area contributed by atoms with Gasteiger partial charge in [-0.05, 0) is 56.9 Å². The van der Waals surface area contributed by atoms with Crippen LogP contribution in [0.4, 0.5) is 0 Å². The second-order valence-electron chi connectivity index (χ2n) is 7.55. The van der Waals surface area contributed by atoms with Crippen LogP contribution in [-0.4, -0.2) is 32.6 Å². The highest BCUT2D eigenvalue weighted by atomic mass is 32.2. The maximum absolute atomic E-state index is 12.3.